The molecular formula is C15H23FN2. The zero-order valence-corrected chi connectivity index (χ0v) is 11.0. The molecule has 2 rings (SSSR count). The first kappa shape index (κ1) is 13.5. The Bertz CT molecular complexity index is 371. The molecule has 0 saturated carbocycles. The average molecular weight is 250 g/mol. The molecule has 2 N–H and O–H groups in total. The van der Waals surface area contributed by atoms with Crippen LogP contribution in [-0.4, -0.2) is 18.0 Å². The summed E-state index contributed by atoms with van der Waals surface area (Å²) in [6.07, 6.45) is 6.44. The second-order valence-corrected chi connectivity index (χ2v) is 5.14. The van der Waals surface area contributed by atoms with Crippen molar-refractivity contribution in [3.05, 3.63) is 35.1 Å². The minimum Gasteiger partial charge on any atom is -0.326 e. The van der Waals surface area contributed by atoms with Gasteiger partial charge in [0.2, 0.25) is 0 Å². The van der Waals surface area contributed by atoms with Crippen molar-refractivity contribution in [3.63, 3.8) is 0 Å². The zero-order valence-electron chi connectivity index (χ0n) is 11.0. The number of halogens is 1. The van der Waals surface area contributed by atoms with Gasteiger partial charge in [-0.05, 0) is 25.9 Å². The molecule has 1 aliphatic rings. The van der Waals surface area contributed by atoms with Crippen LogP contribution in [0.4, 0.5) is 4.39 Å². The van der Waals surface area contributed by atoms with E-state index in [1.807, 2.05) is 12.1 Å². The van der Waals surface area contributed by atoms with Crippen LogP contribution in [0, 0.1) is 5.82 Å². The fourth-order valence-corrected chi connectivity index (χ4v) is 2.62. The van der Waals surface area contributed by atoms with Crippen LogP contribution in [0.25, 0.3) is 0 Å². The van der Waals surface area contributed by atoms with E-state index < -0.39 is 0 Å². The van der Waals surface area contributed by atoms with Crippen LogP contribution in [0.2, 0.25) is 0 Å². The van der Waals surface area contributed by atoms with E-state index in [2.05, 4.69) is 4.90 Å². The molecule has 18 heavy (non-hydrogen) atoms. The molecule has 0 unspecified atom stereocenters. The second-order valence-electron chi connectivity index (χ2n) is 5.14. The van der Waals surface area contributed by atoms with Crippen LogP contribution >= 0.6 is 0 Å². The molecule has 0 bridgehead atoms. The maximum Gasteiger partial charge on any atom is 0.132 e. The zero-order chi connectivity index (χ0) is 12.8. The van der Waals surface area contributed by atoms with E-state index in [0.717, 1.165) is 25.2 Å². The second kappa shape index (κ2) is 6.86. The first-order valence-corrected chi connectivity index (χ1v) is 7.00. The van der Waals surface area contributed by atoms with Crippen molar-refractivity contribution in [3.8, 4) is 0 Å². The predicted molar refractivity (Wildman–Crippen MR) is 72.7 cm³/mol. The molecule has 1 heterocycles. The molecule has 0 amide bonds. The van der Waals surface area contributed by atoms with E-state index in [9.17, 15) is 4.39 Å². The van der Waals surface area contributed by atoms with Crippen molar-refractivity contribution in [2.75, 3.05) is 13.1 Å². The molecule has 0 radical (unpaired) electrons. The first-order chi connectivity index (χ1) is 8.81. The van der Waals surface area contributed by atoms with Crippen LogP contribution in [0.3, 0.4) is 0 Å². The molecular weight excluding hydrogens is 227 g/mol. The number of hydrogen-bond donors (Lipinski definition) is 1. The first-order valence-electron chi connectivity index (χ1n) is 7.00. The lowest BCUT2D eigenvalue weighted by molar-refractivity contribution is 0.236. The highest BCUT2D eigenvalue weighted by Crippen LogP contribution is 2.17. The lowest BCUT2D eigenvalue weighted by Crippen LogP contribution is -2.27. The van der Waals surface area contributed by atoms with Gasteiger partial charge < -0.3 is 5.73 Å². The molecule has 0 atom stereocenters. The van der Waals surface area contributed by atoms with Crippen molar-refractivity contribution in [1.29, 1.82) is 0 Å². The van der Waals surface area contributed by atoms with Gasteiger partial charge in [0.05, 0.1) is 0 Å². The Labute approximate surface area is 109 Å². The van der Waals surface area contributed by atoms with E-state index >= 15 is 0 Å². The monoisotopic (exact) mass is 250 g/mol. The van der Waals surface area contributed by atoms with Gasteiger partial charge in [-0.15, -0.1) is 0 Å². The maximum atomic E-state index is 14.1. The molecule has 3 heteroatoms. The van der Waals surface area contributed by atoms with Gasteiger partial charge in [-0.3, -0.25) is 4.90 Å². The Balaban J connectivity index is 2.03. The molecule has 1 aliphatic heterocycles. The molecule has 1 fully saturated rings. The number of likely N-dealkylation sites (tertiary alicyclic amines) is 1. The van der Waals surface area contributed by atoms with Gasteiger partial charge in [0, 0.05) is 24.2 Å². The van der Waals surface area contributed by atoms with Gasteiger partial charge in [0.25, 0.3) is 0 Å². The minimum atomic E-state index is -0.109. The van der Waals surface area contributed by atoms with Gasteiger partial charge in [-0.1, -0.05) is 37.5 Å². The van der Waals surface area contributed by atoms with Gasteiger partial charge in [-0.25, -0.2) is 4.39 Å². The Morgan fingerprint density at radius 2 is 1.61 bits per heavy atom. The lowest BCUT2D eigenvalue weighted by Gasteiger charge is -2.25. The van der Waals surface area contributed by atoms with E-state index in [1.54, 1.807) is 6.07 Å². The lowest BCUT2D eigenvalue weighted by atomic mass is 10.1. The summed E-state index contributed by atoms with van der Waals surface area (Å²) < 4.78 is 14.1. The Hall–Kier alpha value is -0.930. The maximum absolute atomic E-state index is 14.1. The highest BCUT2D eigenvalue weighted by molar-refractivity contribution is 5.25. The molecule has 1 aromatic rings. The van der Waals surface area contributed by atoms with E-state index in [0.29, 0.717) is 5.56 Å². The van der Waals surface area contributed by atoms with Crippen molar-refractivity contribution >= 4 is 0 Å². The summed E-state index contributed by atoms with van der Waals surface area (Å²) in [7, 11) is 0. The third-order valence-corrected chi connectivity index (χ3v) is 3.72. The summed E-state index contributed by atoms with van der Waals surface area (Å²) in [6, 6.07) is 5.56. The van der Waals surface area contributed by atoms with Crippen molar-refractivity contribution in [2.45, 2.75) is 45.2 Å². The summed E-state index contributed by atoms with van der Waals surface area (Å²) >= 11 is 0. The SMILES string of the molecule is NCc1cccc(CN2CCCCCCC2)c1F. The average Bonchev–Trinajstić information content (AvgIpc) is 2.34. The molecule has 100 valence electrons. The van der Waals surface area contributed by atoms with Crippen LogP contribution in [-0.2, 0) is 13.1 Å². The third kappa shape index (κ3) is 3.53. The van der Waals surface area contributed by atoms with Crippen LogP contribution in [0.15, 0.2) is 18.2 Å². The molecule has 1 aromatic carbocycles. The van der Waals surface area contributed by atoms with E-state index in [1.165, 1.54) is 32.1 Å². The van der Waals surface area contributed by atoms with Crippen LogP contribution < -0.4 is 5.73 Å². The summed E-state index contributed by atoms with van der Waals surface area (Å²) in [4.78, 5) is 2.37. The topological polar surface area (TPSA) is 29.3 Å². The number of rotatable bonds is 3. The molecule has 2 nitrogen and oxygen atoms in total. The smallest absolute Gasteiger partial charge is 0.132 e. The van der Waals surface area contributed by atoms with Crippen molar-refractivity contribution in [2.24, 2.45) is 5.73 Å². The molecule has 0 spiro atoms. The van der Waals surface area contributed by atoms with Crippen LogP contribution in [0.1, 0.15) is 43.2 Å². The highest BCUT2D eigenvalue weighted by Gasteiger charge is 2.12. The summed E-state index contributed by atoms with van der Waals surface area (Å²) in [5.41, 5.74) is 6.96. The molecule has 0 aromatic heterocycles. The molecule has 0 aliphatic carbocycles. The quantitative estimate of drug-likeness (QED) is 0.893. The normalized spacial score (nSPS) is 18.3. The Morgan fingerprint density at radius 3 is 2.28 bits per heavy atom. The minimum absolute atomic E-state index is 0.109. The number of nitrogens with zero attached hydrogens (tertiary/aromatic N) is 1. The van der Waals surface area contributed by atoms with Gasteiger partial charge in [0.15, 0.2) is 0 Å². The van der Waals surface area contributed by atoms with E-state index in [-0.39, 0.29) is 12.4 Å². The predicted octanol–water partition coefficient (Wildman–Crippen LogP) is 3.05. The largest absolute Gasteiger partial charge is 0.326 e. The van der Waals surface area contributed by atoms with Gasteiger partial charge in [0.1, 0.15) is 5.82 Å². The Morgan fingerprint density at radius 1 is 1.00 bits per heavy atom. The number of benzene rings is 1. The van der Waals surface area contributed by atoms with Gasteiger partial charge >= 0.3 is 0 Å². The number of nitrogens with two attached hydrogens (primary N) is 1. The van der Waals surface area contributed by atoms with Gasteiger partial charge in [-0.2, -0.15) is 0 Å². The standard InChI is InChI=1S/C15H23FN2/c16-15-13(11-17)7-6-8-14(15)12-18-9-4-2-1-3-5-10-18/h6-8H,1-5,9-12,17H2. The fraction of sp³-hybridized carbons (Fsp3) is 0.600. The summed E-state index contributed by atoms with van der Waals surface area (Å²) in [6.45, 7) is 3.18. The van der Waals surface area contributed by atoms with Crippen LogP contribution in [0.5, 0.6) is 0 Å². The van der Waals surface area contributed by atoms with Crippen molar-refractivity contribution in [1.82, 2.24) is 4.90 Å². The highest BCUT2D eigenvalue weighted by atomic mass is 19.1. The van der Waals surface area contributed by atoms with E-state index in [4.69, 9.17) is 5.73 Å². The Kier molecular flexibility index (Phi) is 5.14. The fourth-order valence-electron chi connectivity index (χ4n) is 2.62. The molecule has 1 saturated heterocycles. The summed E-state index contributed by atoms with van der Waals surface area (Å²) in [5, 5.41) is 0. The third-order valence-electron chi connectivity index (χ3n) is 3.72. The van der Waals surface area contributed by atoms with Crippen molar-refractivity contribution < 1.29 is 4.39 Å². The number of hydrogen-bond acceptors (Lipinski definition) is 2. The summed E-state index contributed by atoms with van der Waals surface area (Å²) in [5.74, 6) is -0.109.